The van der Waals surface area contributed by atoms with E-state index in [1.807, 2.05) is 48.5 Å². The number of hydrogen-bond donors (Lipinski definition) is 0. The van der Waals surface area contributed by atoms with Gasteiger partial charge in [0.2, 0.25) is 0 Å². The van der Waals surface area contributed by atoms with Crippen LogP contribution in [0.3, 0.4) is 0 Å². The molecule has 0 N–H and O–H groups in total. The lowest BCUT2D eigenvalue weighted by Crippen LogP contribution is -1.94. The van der Waals surface area contributed by atoms with E-state index in [4.69, 9.17) is 5.26 Å². The second-order valence-electron chi connectivity index (χ2n) is 12.1. The molecule has 9 aromatic rings. The summed E-state index contributed by atoms with van der Waals surface area (Å²) in [5, 5.41) is 23.3. The van der Waals surface area contributed by atoms with Crippen LogP contribution in [0.15, 0.2) is 158 Å². The van der Waals surface area contributed by atoms with Crippen molar-refractivity contribution < 1.29 is 0 Å². The van der Waals surface area contributed by atoms with Crippen LogP contribution in [0.1, 0.15) is 11.1 Å². The Bertz CT molecular complexity index is 2770. The van der Waals surface area contributed by atoms with Gasteiger partial charge in [0.05, 0.1) is 45.3 Å². The third-order valence-corrected chi connectivity index (χ3v) is 9.41. The smallest absolute Gasteiger partial charge is 0.0991 e. The number of hydrogen-bond acceptors (Lipinski definition) is 2. The van der Waals surface area contributed by atoms with Gasteiger partial charge in [-0.1, -0.05) is 72.8 Å². The predicted octanol–water partition coefficient (Wildman–Crippen LogP) is 11.0. The van der Waals surface area contributed by atoms with E-state index in [0.717, 1.165) is 50.1 Å². The summed E-state index contributed by atoms with van der Waals surface area (Å²) in [6.45, 7) is 0. The molecule has 0 atom stereocenters. The minimum absolute atomic E-state index is 0.652. The van der Waals surface area contributed by atoms with Gasteiger partial charge in [-0.05, 0) is 107 Å². The molecule has 0 aliphatic rings. The Morgan fingerprint density at radius 3 is 1.15 bits per heavy atom. The van der Waals surface area contributed by atoms with Crippen LogP contribution in [-0.2, 0) is 0 Å². The monoisotopic (exact) mass is 610 g/mol. The summed E-state index contributed by atoms with van der Waals surface area (Å²) >= 11 is 0. The van der Waals surface area contributed by atoms with Crippen molar-refractivity contribution in [3.63, 3.8) is 0 Å². The van der Waals surface area contributed by atoms with Crippen LogP contribution in [0.5, 0.6) is 0 Å². The Hall–Kier alpha value is -6.88. The third kappa shape index (κ3) is 4.29. The maximum Gasteiger partial charge on any atom is 0.0991 e. The first kappa shape index (κ1) is 27.4. The summed E-state index contributed by atoms with van der Waals surface area (Å²) in [5.41, 5.74) is 12.6. The van der Waals surface area contributed by atoms with Crippen LogP contribution in [0.2, 0.25) is 0 Å². The Morgan fingerprint density at radius 2 is 0.688 bits per heavy atom. The van der Waals surface area contributed by atoms with Crippen LogP contribution >= 0.6 is 0 Å². The molecule has 0 unspecified atom stereocenters. The highest BCUT2D eigenvalue weighted by Crippen LogP contribution is 2.38. The molecule has 7 aromatic carbocycles. The number of fused-ring (bicyclic) bond motifs is 6. The number of benzene rings is 7. The Kier molecular flexibility index (Phi) is 6.22. The molecule has 4 nitrogen and oxygen atoms in total. The van der Waals surface area contributed by atoms with Crippen LogP contribution in [-0.4, -0.2) is 9.13 Å². The first-order chi connectivity index (χ1) is 23.7. The molecule has 48 heavy (non-hydrogen) atoms. The van der Waals surface area contributed by atoms with Crippen molar-refractivity contribution in [3.05, 3.63) is 169 Å². The zero-order valence-corrected chi connectivity index (χ0v) is 25.8. The zero-order chi connectivity index (χ0) is 32.2. The van der Waals surface area contributed by atoms with Gasteiger partial charge in [0.15, 0.2) is 0 Å². The number of para-hydroxylation sites is 2. The van der Waals surface area contributed by atoms with Gasteiger partial charge in [-0.3, -0.25) is 0 Å². The Morgan fingerprint density at radius 1 is 0.333 bits per heavy atom. The van der Waals surface area contributed by atoms with Crippen molar-refractivity contribution in [2.75, 3.05) is 0 Å². The molecule has 4 heteroatoms. The minimum Gasteiger partial charge on any atom is -0.309 e. The zero-order valence-electron chi connectivity index (χ0n) is 25.8. The summed E-state index contributed by atoms with van der Waals surface area (Å²) in [6.07, 6.45) is 0. The molecule has 222 valence electrons. The van der Waals surface area contributed by atoms with Crippen LogP contribution in [0.25, 0.3) is 77.2 Å². The van der Waals surface area contributed by atoms with Gasteiger partial charge in [0.1, 0.15) is 0 Å². The van der Waals surface area contributed by atoms with Gasteiger partial charge in [-0.15, -0.1) is 0 Å². The number of rotatable bonds is 4. The summed E-state index contributed by atoms with van der Waals surface area (Å²) < 4.78 is 4.62. The Labute approximate surface area is 277 Å². The van der Waals surface area contributed by atoms with Crippen molar-refractivity contribution in [3.8, 4) is 45.8 Å². The molecule has 0 aliphatic heterocycles. The second-order valence-corrected chi connectivity index (χ2v) is 12.1. The first-order valence-electron chi connectivity index (χ1n) is 15.9. The van der Waals surface area contributed by atoms with E-state index in [1.54, 1.807) is 0 Å². The number of nitrogens with zero attached hydrogens (tertiary/aromatic N) is 4. The van der Waals surface area contributed by atoms with Crippen molar-refractivity contribution in [1.29, 1.82) is 10.5 Å². The van der Waals surface area contributed by atoms with Crippen molar-refractivity contribution in [1.82, 2.24) is 9.13 Å². The SMILES string of the molecule is N#Cc1ccc(-c2ccc(-n3c4ccccc4c4cc(-c5ccc6c(c5)c5ccccc5n6-c5ccc(C#N)cc5)ccc43)cc2)cc1. The van der Waals surface area contributed by atoms with E-state index in [2.05, 4.69) is 130 Å². The predicted molar refractivity (Wildman–Crippen MR) is 195 cm³/mol. The molecule has 0 spiro atoms. The molecule has 9 rings (SSSR count). The third-order valence-electron chi connectivity index (χ3n) is 9.41. The fourth-order valence-corrected chi connectivity index (χ4v) is 7.09. The van der Waals surface area contributed by atoms with Gasteiger partial charge < -0.3 is 9.13 Å². The lowest BCUT2D eigenvalue weighted by molar-refractivity contribution is 1.18. The van der Waals surface area contributed by atoms with Gasteiger partial charge in [-0.2, -0.15) is 10.5 Å². The quantitative estimate of drug-likeness (QED) is 0.199. The second kappa shape index (κ2) is 10.9. The topological polar surface area (TPSA) is 57.4 Å². The minimum atomic E-state index is 0.652. The largest absolute Gasteiger partial charge is 0.309 e. The highest BCUT2D eigenvalue weighted by molar-refractivity contribution is 6.12. The lowest BCUT2D eigenvalue weighted by Gasteiger charge is -2.10. The standard InChI is InChI=1S/C44H26N4/c45-27-29-9-13-31(14-10-29)32-15-21-36(22-16-32)48-42-8-4-2-6-38(42)40-26-34(18-24-44(40)48)33-17-23-43-39(25-33)37-5-1-3-7-41(37)47(43)35-19-11-30(28-46)12-20-35/h1-26H. The maximum atomic E-state index is 9.32. The van der Waals surface area contributed by atoms with E-state index < -0.39 is 0 Å². The summed E-state index contributed by atoms with van der Waals surface area (Å²) in [6, 6.07) is 59.2. The van der Waals surface area contributed by atoms with Crippen molar-refractivity contribution >= 4 is 43.6 Å². The molecule has 0 fully saturated rings. The normalized spacial score (nSPS) is 11.3. The van der Waals surface area contributed by atoms with E-state index in [-0.39, 0.29) is 0 Å². The van der Waals surface area contributed by atoms with Gasteiger partial charge in [0, 0.05) is 32.9 Å². The fourth-order valence-electron chi connectivity index (χ4n) is 7.09. The molecule has 0 amide bonds. The first-order valence-corrected chi connectivity index (χ1v) is 15.9. The highest BCUT2D eigenvalue weighted by atomic mass is 15.0. The Balaban J connectivity index is 1.16. The summed E-state index contributed by atoms with van der Waals surface area (Å²) in [7, 11) is 0. The molecule has 0 saturated heterocycles. The van der Waals surface area contributed by atoms with Gasteiger partial charge in [0.25, 0.3) is 0 Å². The van der Waals surface area contributed by atoms with E-state index >= 15 is 0 Å². The summed E-state index contributed by atoms with van der Waals surface area (Å²) in [5.74, 6) is 0. The van der Waals surface area contributed by atoms with E-state index in [0.29, 0.717) is 11.1 Å². The summed E-state index contributed by atoms with van der Waals surface area (Å²) in [4.78, 5) is 0. The molecule has 0 aliphatic carbocycles. The van der Waals surface area contributed by atoms with Crippen molar-refractivity contribution in [2.45, 2.75) is 0 Å². The van der Waals surface area contributed by atoms with Crippen LogP contribution < -0.4 is 0 Å². The molecule has 0 saturated carbocycles. The fraction of sp³-hybridized carbons (Fsp3) is 0. The molecule has 0 radical (unpaired) electrons. The van der Waals surface area contributed by atoms with Crippen molar-refractivity contribution in [2.24, 2.45) is 0 Å². The number of aromatic nitrogens is 2. The number of nitriles is 2. The molecule has 2 heterocycles. The average Bonchev–Trinajstić information content (AvgIpc) is 3.67. The van der Waals surface area contributed by atoms with Gasteiger partial charge >= 0.3 is 0 Å². The molecular formula is C44H26N4. The van der Waals surface area contributed by atoms with Crippen LogP contribution in [0.4, 0.5) is 0 Å². The maximum absolute atomic E-state index is 9.32. The van der Waals surface area contributed by atoms with E-state index in [9.17, 15) is 5.26 Å². The molecular weight excluding hydrogens is 585 g/mol. The molecule has 2 aromatic heterocycles. The average molecular weight is 611 g/mol. The van der Waals surface area contributed by atoms with Gasteiger partial charge in [-0.25, -0.2) is 0 Å². The highest BCUT2D eigenvalue weighted by Gasteiger charge is 2.16. The van der Waals surface area contributed by atoms with E-state index in [1.165, 1.54) is 27.1 Å². The lowest BCUT2D eigenvalue weighted by atomic mass is 10.0. The van der Waals surface area contributed by atoms with Crippen LogP contribution in [0, 0.1) is 22.7 Å². The molecule has 0 bridgehead atoms.